The Hall–Kier alpha value is -0.220. The number of nitrogens with zero attached hydrogens (tertiary/aromatic N) is 1. The minimum atomic E-state index is -0.688. The molecule has 0 aliphatic carbocycles. The molecular weight excluding hydrogens is 220 g/mol. The van der Waals surface area contributed by atoms with Gasteiger partial charge in [0.25, 0.3) is 0 Å². The third-order valence-corrected chi connectivity index (χ3v) is 4.27. The van der Waals surface area contributed by atoms with Gasteiger partial charge in [0.1, 0.15) is 0 Å². The van der Waals surface area contributed by atoms with Gasteiger partial charge in [-0.15, -0.1) is 0 Å². The summed E-state index contributed by atoms with van der Waals surface area (Å²) in [5, 5.41) is 0. The highest BCUT2D eigenvalue weighted by Gasteiger charge is 2.36. The van der Waals surface area contributed by atoms with E-state index in [1.165, 1.54) is 0 Å². The van der Waals surface area contributed by atoms with Crippen LogP contribution in [0.2, 0.25) is 0 Å². The van der Waals surface area contributed by atoms with Crippen molar-refractivity contribution >= 4 is 17.7 Å². The predicted octanol–water partition coefficient (Wildman–Crippen LogP) is 1.86. The highest BCUT2D eigenvalue weighted by atomic mass is 32.2. The second-order valence-electron chi connectivity index (χ2n) is 5.50. The second-order valence-corrected chi connectivity index (χ2v) is 7.30. The number of nitrogens with two attached hydrogens (primary N) is 1. The van der Waals surface area contributed by atoms with Crippen LogP contribution in [-0.4, -0.2) is 39.9 Å². The van der Waals surface area contributed by atoms with Crippen LogP contribution in [0, 0.1) is 0 Å². The highest BCUT2D eigenvalue weighted by Crippen LogP contribution is 2.30. The minimum absolute atomic E-state index is 0.114. The van der Waals surface area contributed by atoms with E-state index in [1.807, 2.05) is 23.6 Å². The standard InChI is InChI=1S/C12H24N2OS/c1-5-6-12(4,13)10(15)14-7-8-16-11(2,3)9-14/h5-9,13H2,1-4H3. The minimum Gasteiger partial charge on any atom is -0.339 e. The summed E-state index contributed by atoms with van der Waals surface area (Å²) in [6.45, 7) is 9.94. The molecule has 1 heterocycles. The quantitative estimate of drug-likeness (QED) is 0.824. The third kappa shape index (κ3) is 3.39. The van der Waals surface area contributed by atoms with Crippen molar-refractivity contribution in [1.29, 1.82) is 0 Å². The van der Waals surface area contributed by atoms with Gasteiger partial charge in [0.15, 0.2) is 0 Å². The summed E-state index contributed by atoms with van der Waals surface area (Å²) in [6.07, 6.45) is 1.71. The van der Waals surface area contributed by atoms with Gasteiger partial charge in [0, 0.05) is 23.6 Å². The van der Waals surface area contributed by atoms with Crippen molar-refractivity contribution in [3.63, 3.8) is 0 Å². The first-order valence-electron chi connectivity index (χ1n) is 6.01. The number of hydrogen-bond donors (Lipinski definition) is 1. The smallest absolute Gasteiger partial charge is 0.242 e. The first-order valence-corrected chi connectivity index (χ1v) is 6.99. The van der Waals surface area contributed by atoms with Gasteiger partial charge in [-0.1, -0.05) is 13.3 Å². The van der Waals surface area contributed by atoms with Crippen LogP contribution in [-0.2, 0) is 4.79 Å². The summed E-state index contributed by atoms with van der Waals surface area (Å²) in [5.41, 5.74) is 5.40. The molecule has 1 fully saturated rings. The highest BCUT2D eigenvalue weighted by molar-refractivity contribution is 8.00. The van der Waals surface area contributed by atoms with Crippen LogP contribution in [0.1, 0.15) is 40.5 Å². The topological polar surface area (TPSA) is 46.3 Å². The van der Waals surface area contributed by atoms with E-state index in [-0.39, 0.29) is 10.7 Å². The van der Waals surface area contributed by atoms with Gasteiger partial charge in [-0.3, -0.25) is 4.79 Å². The molecule has 2 N–H and O–H groups in total. The van der Waals surface area contributed by atoms with Gasteiger partial charge in [0.2, 0.25) is 5.91 Å². The van der Waals surface area contributed by atoms with Crippen LogP contribution in [0.3, 0.4) is 0 Å². The Kier molecular flexibility index (Phi) is 4.29. The lowest BCUT2D eigenvalue weighted by atomic mass is 9.95. The lowest BCUT2D eigenvalue weighted by Crippen LogP contribution is -2.57. The second kappa shape index (κ2) is 4.96. The summed E-state index contributed by atoms with van der Waals surface area (Å²) in [4.78, 5) is 14.2. The van der Waals surface area contributed by atoms with Crippen LogP contribution in [0.4, 0.5) is 0 Å². The van der Waals surface area contributed by atoms with Crippen molar-refractivity contribution in [2.24, 2.45) is 5.73 Å². The van der Waals surface area contributed by atoms with Crippen molar-refractivity contribution in [3.05, 3.63) is 0 Å². The number of thioether (sulfide) groups is 1. The lowest BCUT2D eigenvalue weighted by molar-refractivity contribution is -0.137. The average molecular weight is 244 g/mol. The Morgan fingerprint density at radius 1 is 1.56 bits per heavy atom. The monoisotopic (exact) mass is 244 g/mol. The fourth-order valence-electron chi connectivity index (χ4n) is 2.18. The number of carbonyl (C=O) groups excluding carboxylic acids is 1. The maximum Gasteiger partial charge on any atom is 0.242 e. The molecule has 0 saturated carbocycles. The Bertz CT molecular complexity index is 264. The van der Waals surface area contributed by atoms with Crippen LogP contribution < -0.4 is 5.73 Å². The maximum absolute atomic E-state index is 12.3. The zero-order valence-electron chi connectivity index (χ0n) is 10.9. The number of amides is 1. The molecule has 0 aromatic rings. The molecule has 0 spiro atoms. The van der Waals surface area contributed by atoms with E-state index in [9.17, 15) is 4.79 Å². The first-order chi connectivity index (χ1) is 7.28. The summed E-state index contributed by atoms with van der Waals surface area (Å²) < 4.78 is 0.163. The molecule has 1 aliphatic rings. The molecule has 4 heteroatoms. The van der Waals surface area contributed by atoms with E-state index in [2.05, 4.69) is 20.8 Å². The summed E-state index contributed by atoms with van der Waals surface area (Å²) in [5.74, 6) is 1.13. The van der Waals surface area contributed by atoms with E-state index < -0.39 is 5.54 Å². The van der Waals surface area contributed by atoms with Crippen LogP contribution in [0.5, 0.6) is 0 Å². The zero-order valence-corrected chi connectivity index (χ0v) is 11.7. The molecule has 1 rings (SSSR count). The first kappa shape index (κ1) is 13.8. The van der Waals surface area contributed by atoms with Crippen molar-refractivity contribution in [1.82, 2.24) is 4.90 Å². The van der Waals surface area contributed by atoms with Crippen molar-refractivity contribution in [3.8, 4) is 0 Å². The van der Waals surface area contributed by atoms with Gasteiger partial charge in [-0.25, -0.2) is 0 Å². The zero-order chi connectivity index (χ0) is 12.4. The molecule has 0 bridgehead atoms. The number of rotatable bonds is 3. The van der Waals surface area contributed by atoms with Gasteiger partial charge in [0.05, 0.1) is 5.54 Å². The molecule has 94 valence electrons. The Balaban J connectivity index is 2.67. The van der Waals surface area contributed by atoms with Gasteiger partial charge in [-0.2, -0.15) is 11.8 Å². The molecule has 0 aromatic carbocycles. The molecule has 16 heavy (non-hydrogen) atoms. The fraction of sp³-hybridized carbons (Fsp3) is 0.917. The lowest BCUT2D eigenvalue weighted by Gasteiger charge is -2.40. The van der Waals surface area contributed by atoms with E-state index in [4.69, 9.17) is 5.73 Å². The predicted molar refractivity (Wildman–Crippen MR) is 70.6 cm³/mol. The largest absolute Gasteiger partial charge is 0.339 e. The third-order valence-electron chi connectivity index (χ3n) is 2.97. The van der Waals surface area contributed by atoms with Crippen molar-refractivity contribution < 1.29 is 4.79 Å². The van der Waals surface area contributed by atoms with E-state index in [0.717, 1.165) is 31.7 Å². The van der Waals surface area contributed by atoms with E-state index in [0.29, 0.717) is 0 Å². The van der Waals surface area contributed by atoms with Crippen LogP contribution in [0.15, 0.2) is 0 Å². The van der Waals surface area contributed by atoms with Crippen LogP contribution >= 0.6 is 11.8 Å². The summed E-state index contributed by atoms with van der Waals surface area (Å²) in [6, 6.07) is 0. The summed E-state index contributed by atoms with van der Waals surface area (Å²) >= 11 is 1.93. The van der Waals surface area contributed by atoms with E-state index in [1.54, 1.807) is 0 Å². The molecule has 0 radical (unpaired) electrons. The molecule has 1 aliphatic heterocycles. The number of hydrogen-bond acceptors (Lipinski definition) is 3. The Labute approximate surface area is 103 Å². The Morgan fingerprint density at radius 3 is 2.69 bits per heavy atom. The van der Waals surface area contributed by atoms with Gasteiger partial charge < -0.3 is 10.6 Å². The molecule has 1 saturated heterocycles. The molecule has 1 amide bonds. The molecule has 1 unspecified atom stereocenters. The normalized spacial score (nSPS) is 23.9. The van der Waals surface area contributed by atoms with Crippen molar-refractivity contribution in [2.45, 2.75) is 50.8 Å². The fourth-order valence-corrected chi connectivity index (χ4v) is 3.29. The van der Waals surface area contributed by atoms with E-state index >= 15 is 0 Å². The molecule has 0 aromatic heterocycles. The van der Waals surface area contributed by atoms with Gasteiger partial charge >= 0.3 is 0 Å². The molecular formula is C12H24N2OS. The van der Waals surface area contributed by atoms with Crippen LogP contribution in [0.25, 0.3) is 0 Å². The van der Waals surface area contributed by atoms with Gasteiger partial charge in [-0.05, 0) is 27.2 Å². The average Bonchev–Trinajstić information content (AvgIpc) is 2.15. The summed E-state index contributed by atoms with van der Waals surface area (Å²) in [7, 11) is 0. The molecule has 1 atom stereocenters. The SMILES string of the molecule is CCCC(C)(N)C(=O)N1CCSC(C)(C)C1. The number of carbonyl (C=O) groups is 1. The maximum atomic E-state index is 12.3. The Morgan fingerprint density at radius 2 is 2.19 bits per heavy atom. The molecule has 3 nitrogen and oxygen atoms in total. The van der Waals surface area contributed by atoms with Crippen molar-refractivity contribution in [2.75, 3.05) is 18.8 Å².